The highest BCUT2D eigenvalue weighted by atomic mass is 16.2. The Kier molecular flexibility index (Phi) is 8.24. The van der Waals surface area contributed by atoms with Crippen LogP contribution in [0.5, 0.6) is 0 Å². The van der Waals surface area contributed by atoms with E-state index in [1.165, 1.54) is 5.56 Å². The van der Waals surface area contributed by atoms with Gasteiger partial charge in [0.15, 0.2) is 0 Å². The molecule has 0 fully saturated rings. The largest absolute Gasteiger partial charge is 0.352 e. The number of rotatable bonds is 9. The van der Waals surface area contributed by atoms with Crippen LogP contribution in [0.1, 0.15) is 50.3 Å². The summed E-state index contributed by atoms with van der Waals surface area (Å²) in [4.78, 5) is 27.6. The average Bonchev–Trinajstić information content (AvgIpc) is 2.67. The maximum Gasteiger partial charge on any atom is 0.243 e. The third-order valence-corrected chi connectivity index (χ3v) is 4.76. The van der Waals surface area contributed by atoms with Gasteiger partial charge in [-0.15, -0.1) is 0 Å². The molecule has 0 aliphatic rings. The Balaban J connectivity index is 2.18. The van der Waals surface area contributed by atoms with Crippen molar-refractivity contribution in [3.8, 4) is 0 Å². The van der Waals surface area contributed by atoms with Crippen LogP contribution in [0.2, 0.25) is 0 Å². The second-order valence-corrected chi connectivity index (χ2v) is 7.58. The van der Waals surface area contributed by atoms with E-state index < -0.39 is 6.04 Å². The molecule has 1 atom stereocenters. The summed E-state index contributed by atoms with van der Waals surface area (Å²) in [6, 6.07) is 17.7. The fraction of sp³-hybridized carbons (Fsp3) is 0.417. The lowest BCUT2D eigenvalue weighted by Crippen LogP contribution is -2.50. The van der Waals surface area contributed by atoms with Crippen LogP contribution >= 0.6 is 0 Å². The van der Waals surface area contributed by atoms with Crippen LogP contribution in [0.25, 0.3) is 0 Å². The number of amides is 2. The van der Waals surface area contributed by atoms with E-state index in [1.807, 2.05) is 82.3 Å². The molecule has 0 bridgehead atoms. The smallest absolute Gasteiger partial charge is 0.243 e. The third-order valence-electron chi connectivity index (χ3n) is 4.76. The molecular weight excluding hydrogens is 348 g/mol. The minimum Gasteiger partial charge on any atom is -0.352 e. The summed E-state index contributed by atoms with van der Waals surface area (Å²) in [5.74, 6) is -0.0761. The zero-order chi connectivity index (χ0) is 20.5. The summed E-state index contributed by atoms with van der Waals surface area (Å²) in [6.45, 7) is 8.31. The molecule has 0 radical (unpaired) electrons. The van der Waals surface area contributed by atoms with Gasteiger partial charge in [0.2, 0.25) is 11.8 Å². The summed E-state index contributed by atoms with van der Waals surface area (Å²) in [5, 5.41) is 2.96. The monoisotopic (exact) mass is 380 g/mol. The van der Waals surface area contributed by atoms with Gasteiger partial charge in [0.05, 0.1) is 0 Å². The van der Waals surface area contributed by atoms with Crippen LogP contribution in [-0.2, 0) is 22.6 Å². The second kappa shape index (κ2) is 10.6. The highest BCUT2D eigenvalue weighted by Gasteiger charge is 2.28. The van der Waals surface area contributed by atoms with E-state index in [2.05, 4.69) is 5.32 Å². The molecule has 150 valence electrons. The maximum atomic E-state index is 13.1. The fourth-order valence-corrected chi connectivity index (χ4v) is 3.23. The first-order chi connectivity index (χ1) is 13.4. The first kappa shape index (κ1) is 21.7. The van der Waals surface area contributed by atoms with Gasteiger partial charge in [-0.1, -0.05) is 67.1 Å². The van der Waals surface area contributed by atoms with Crippen molar-refractivity contribution in [3.05, 3.63) is 71.3 Å². The van der Waals surface area contributed by atoms with E-state index in [0.717, 1.165) is 11.1 Å². The van der Waals surface area contributed by atoms with Gasteiger partial charge in [0.1, 0.15) is 6.04 Å². The topological polar surface area (TPSA) is 49.4 Å². The number of nitrogens with one attached hydrogen (secondary N) is 1. The normalized spacial score (nSPS) is 11.9. The molecule has 4 heteroatoms. The highest BCUT2D eigenvalue weighted by molar-refractivity contribution is 5.87. The van der Waals surface area contributed by atoms with Crippen molar-refractivity contribution in [2.45, 2.75) is 65.6 Å². The molecule has 0 saturated carbocycles. The van der Waals surface area contributed by atoms with Crippen molar-refractivity contribution < 1.29 is 9.59 Å². The van der Waals surface area contributed by atoms with Gasteiger partial charge in [-0.3, -0.25) is 9.59 Å². The highest BCUT2D eigenvalue weighted by Crippen LogP contribution is 2.16. The van der Waals surface area contributed by atoms with Gasteiger partial charge in [0.25, 0.3) is 0 Å². The molecule has 1 unspecified atom stereocenters. The zero-order valence-electron chi connectivity index (χ0n) is 17.4. The van der Waals surface area contributed by atoms with Crippen LogP contribution in [0.3, 0.4) is 0 Å². The Bertz CT molecular complexity index is 754. The lowest BCUT2D eigenvalue weighted by atomic mass is 10.1. The van der Waals surface area contributed by atoms with E-state index in [-0.39, 0.29) is 17.9 Å². The Labute approximate surface area is 169 Å². The minimum atomic E-state index is -0.466. The Hall–Kier alpha value is -2.62. The van der Waals surface area contributed by atoms with Crippen molar-refractivity contribution in [3.63, 3.8) is 0 Å². The fourth-order valence-electron chi connectivity index (χ4n) is 3.23. The van der Waals surface area contributed by atoms with Gasteiger partial charge < -0.3 is 10.2 Å². The third kappa shape index (κ3) is 6.52. The van der Waals surface area contributed by atoms with Crippen molar-refractivity contribution in [1.82, 2.24) is 10.2 Å². The molecule has 28 heavy (non-hydrogen) atoms. The van der Waals surface area contributed by atoms with E-state index in [9.17, 15) is 9.59 Å². The van der Waals surface area contributed by atoms with Crippen molar-refractivity contribution in [2.24, 2.45) is 0 Å². The van der Waals surface area contributed by atoms with E-state index in [0.29, 0.717) is 25.8 Å². The standard InChI is InChI=1S/C24H32N2O2/c1-5-22(24(28)25-18(2)3)26(17-21-13-11-19(4)12-14-21)23(27)16-15-20-9-7-6-8-10-20/h6-14,18,22H,5,15-17H2,1-4H3,(H,25,28). The molecular formula is C24H32N2O2. The number of carbonyl (C=O) groups excluding carboxylic acids is 2. The maximum absolute atomic E-state index is 13.1. The summed E-state index contributed by atoms with van der Waals surface area (Å²) in [5.41, 5.74) is 3.34. The first-order valence-corrected chi connectivity index (χ1v) is 10.1. The second-order valence-electron chi connectivity index (χ2n) is 7.58. The predicted molar refractivity (Wildman–Crippen MR) is 114 cm³/mol. The molecule has 0 spiro atoms. The number of hydrogen-bond acceptors (Lipinski definition) is 2. The van der Waals surface area contributed by atoms with Crippen LogP contribution in [0.15, 0.2) is 54.6 Å². The Morgan fingerprint density at radius 2 is 1.61 bits per heavy atom. The van der Waals surface area contributed by atoms with Crippen molar-refractivity contribution >= 4 is 11.8 Å². The minimum absolute atomic E-state index is 0.00943. The van der Waals surface area contributed by atoms with Crippen LogP contribution < -0.4 is 5.32 Å². The molecule has 0 saturated heterocycles. The number of benzene rings is 2. The lowest BCUT2D eigenvalue weighted by Gasteiger charge is -2.31. The summed E-state index contributed by atoms with van der Waals surface area (Å²) < 4.78 is 0. The van der Waals surface area contributed by atoms with Crippen LogP contribution in [-0.4, -0.2) is 28.8 Å². The van der Waals surface area contributed by atoms with E-state index in [4.69, 9.17) is 0 Å². The van der Waals surface area contributed by atoms with Crippen molar-refractivity contribution in [1.29, 1.82) is 0 Å². The van der Waals surface area contributed by atoms with Gasteiger partial charge >= 0.3 is 0 Å². The quantitative estimate of drug-likeness (QED) is 0.707. The molecule has 2 aromatic rings. The lowest BCUT2D eigenvalue weighted by molar-refractivity contribution is -0.141. The number of nitrogens with zero attached hydrogens (tertiary/aromatic N) is 1. The summed E-state index contributed by atoms with van der Waals surface area (Å²) >= 11 is 0. The van der Waals surface area contributed by atoms with E-state index in [1.54, 1.807) is 4.90 Å². The molecule has 0 aliphatic heterocycles. The van der Waals surface area contributed by atoms with Gasteiger partial charge in [0, 0.05) is 19.0 Å². The molecule has 4 nitrogen and oxygen atoms in total. The zero-order valence-corrected chi connectivity index (χ0v) is 17.4. The summed E-state index contributed by atoms with van der Waals surface area (Å²) in [6.07, 6.45) is 1.65. The van der Waals surface area contributed by atoms with Crippen LogP contribution in [0.4, 0.5) is 0 Å². The Morgan fingerprint density at radius 3 is 2.18 bits per heavy atom. The van der Waals surface area contributed by atoms with Gasteiger partial charge in [-0.05, 0) is 44.7 Å². The molecule has 2 rings (SSSR count). The SMILES string of the molecule is CCC(C(=O)NC(C)C)N(Cc1ccc(C)cc1)C(=O)CCc1ccccc1. The molecule has 0 heterocycles. The van der Waals surface area contributed by atoms with E-state index >= 15 is 0 Å². The predicted octanol–water partition coefficient (Wildman–Crippen LogP) is 4.26. The van der Waals surface area contributed by atoms with Crippen LogP contribution in [0, 0.1) is 6.92 Å². The molecule has 2 aromatic carbocycles. The average molecular weight is 381 g/mol. The Morgan fingerprint density at radius 1 is 0.964 bits per heavy atom. The van der Waals surface area contributed by atoms with Gasteiger partial charge in [-0.25, -0.2) is 0 Å². The summed E-state index contributed by atoms with van der Waals surface area (Å²) in [7, 11) is 0. The molecule has 0 aliphatic carbocycles. The molecule has 1 N–H and O–H groups in total. The first-order valence-electron chi connectivity index (χ1n) is 10.1. The number of carbonyl (C=O) groups is 2. The van der Waals surface area contributed by atoms with Crippen molar-refractivity contribution in [2.75, 3.05) is 0 Å². The number of aryl methyl sites for hydroxylation is 2. The number of hydrogen-bond donors (Lipinski definition) is 1. The molecule has 0 aromatic heterocycles. The van der Waals surface area contributed by atoms with Gasteiger partial charge in [-0.2, -0.15) is 0 Å². The molecule has 2 amide bonds.